The SMILES string of the molecule is COC(=O)C(=O)Cc1nc2ccccc2o1. The summed E-state index contributed by atoms with van der Waals surface area (Å²) in [6.45, 7) is 0. The van der Waals surface area contributed by atoms with Gasteiger partial charge in [0, 0.05) is 0 Å². The molecule has 1 aromatic carbocycles. The van der Waals surface area contributed by atoms with Crippen LogP contribution >= 0.6 is 0 Å². The molecule has 0 aliphatic heterocycles. The number of Topliss-reactive ketones (excluding diaryl/α,β-unsaturated/α-hetero) is 1. The van der Waals surface area contributed by atoms with E-state index < -0.39 is 11.8 Å². The van der Waals surface area contributed by atoms with Gasteiger partial charge < -0.3 is 9.15 Å². The minimum atomic E-state index is -0.887. The number of fused-ring (bicyclic) bond motifs is 1. The Morgan fingerprint density at radius 2 is 2.12 bits per heavy atom. The molecule has 0 saturated carbocycles. The van der Waals surface area contributed by atoms with Crippen molar-refractivity contribution in [1.29, 1.82) is 0 Å². The second kappa shape index (κ2) is 4.14. The quantitative estimate of drug-likeness (QED) is 0.571. The number of oxazole rings is 1. The highest BCUT2D eigenvalue weighted by molar-refractivity contribution is 6.33. The van der Waals surface area contributed by atoms with E-state index in [0.29, 0.717) is 11.1 Å². The highest BCUT2D eigenvalue weighted by Gasteiger charge is 2.17. The molecule has 1 heterocycles. The van der Waals surface area contributed by atoms with Crippen LogP contribution in [0.1, 0.15) is 5.89 Å². The number of esters is 1. The molecule has 2 aromatic rings. The molecule has 0 N–H and O–H groups in total. The number of methoxy groups -OCH3 is 1. The van der Waals surface area contributed by atoms with Gasteiger partial charge in [-0.3, -0.25) is 4.79 Å². The van der Waals surface area contributed by atoms with E-state index in [9.17, 15) is 9.59 Å². The standard InChI is InChI=1S/C11H9NO4/c1-15-11(14)8(13)6-10-12-7-4-2-3-5-9(7)16-10/h2-5H,6H2,1H3. The number of nitrogens with zero attached hydrogens (tertiary/aromatic N) is 1. The molecule has 82 valence electrons. The molecule has 0 saturated heterocycles. The number of carbonyl (C=O) groups excluding carboxylic acids is 2. The number of hydrogen-bond donors (Lipinski definition) is 0. The zero-order valence-electron chi connectivity index (χ0n) is 8.60. The Kier molecular flexibility index (Phi) is 2.68. The average Bonchev–Trinajstić information content (AvgIpc) is 2.69. The van der Waals surface area contributed by atoms with E-state index in [1.54, 1.807) is 18.2 Å². The molecule has 0 spiro atoms. The van der Waals surface area contributed by atoms with Crippen molar-refractivity contribution in [3.8, 4) is 0 Å². The molecule has 5 heteroatoms. The molecule has 16 heavy (non-hydrogen) atoms. The maximum atomic E-state index is 11.2. The second-order valence-electron chi connectivity index (χ2n) is 3.17. The summed E-state index contributed by atoms with van der Waals surface area (Å²) in [5, 5.41) is 0. The first-order valence-electron chi connectivity index (χ1n) is 4.66. The van der Waals surface area contributed by atoms with Crippen molar-refractivity contribution in [2.75, 3.05) is 7.11 Å². The van der Waals surface area contributed by atoms with Crippen LogP contribution in [-0.4, -0.2) is 23.8 Å². The summed E-state index contributed by atoms with van der Waals surface area (Å²) >= 11 is 0. The first-order chi connectivity index (χ1) is 7.70. The summed E-state index contributed by atoms with van der Waals surface area (Å²) in [5.41, 5.74) is 1.25. The van der Waals surface area contributed by atoms with E-state index in [0.717, 1.165) is 7.11 Å². The maximum Gasteiger partial charge on any atom is 0.374 e. The van der Waals surface area contributed by atoms with Gasteiger partial charge in [0.15, 0.2) is 5.58 Å². The van der Waals surface area contributed by atoms with Crippen LogP contribution in [0.3, 0.4) is 0 Å². The van der Waals surface area contributed by atoms with E-state index in [1.165, 1.54) is 0 Å². The minimum Gasteiger partial charge on any atom is -0.463 e. The largest absolute Gasteiger partial charge is 0.463 e. The van der Waals surface area contributed by atoms with Crippen LogP contribution in [0.5, 0.6) is 0 Å². The van der Waals surface area contributed by atoms with Gasteiger partial charge in [0.05, 0.1) is 13.5 Å². The molecular weight excluding hydrogens is 210 g/mol. The highest BCUT2D eigenvalue weighted by atomic mass is 16.5. The molecular formula is C11H9NO4. The lowest BCUT2D eigenvalue weighted by Gasteiger charge is -1.93. The lowest BCUT2D eigenvalue weighted by atomic mass is 10.3. The van der Waals surface area contributed by atoms with Crippen LogP contribution < -0.4 is 0 Å². The third kappa shape index (κ3) is 1.93. The van der Waals surface area contributed by atoms with Crippen LogP contribution in [0.25, 0.3) is 11.1 Å². The van der Waals surface area contributed by atoms with E-state index >= 15 is 0 Å². The van der Waals surface area contributed by atoms with Crippen molar-refractivity contribution in [3.05, 3.63) is 30.2 Å². The number of hydrogen-bond acceptors (Lipinski definition) is 5. The number of rotatable bonds is 3. The van der Waals surface area contributed by atoms with Gasteiger partial charge in [0.2, 0.25) is 11.7 Å². The summed E-state index contributed by atoms with van der Waals surface area (Å²) in [4.78, 5) is 26.2. The van der Waals surface area contributed by atoms with Gasteiger partial charge in [0.25, 0.3) is 0 Å². The first-order valence-corrected chi connectivity index (χ1v) is 4.66. The van der Waals surface area contributed by atoms with E-state index in [-0.39, 0.29) is 12.3 Å². The Morgan fingerprint density at radius 3 is 2.81 bits per heavy atom. The van der Waals surface area contributed by atoms with Gasteiger partial charge in [0.1, 0.15) is 5.52 Å². The normalized spacial score (nSPS) is 10.3. The summed E-state index contributed by atoms with van der Waals surface area (Å²) < 4.78 is 9.59. The van der Waals surface area contributed by atoms with Gasteiger partial charge in [-0.05, 0) is 12.1 Å². The third-order valence-corrected chi connectivity index (χ3v) is 2.06. The van der Waals surface area contributed by atoms with Crippen molar-refractivity contribution in [3.63, 3.8) is 0 Å². The fourth-order valence-corrected chi connectivity index (χ4v) is 1.32. The lowest BCUT2D eigenvalue weighted by molar-refractivity contribution is -0.151. The lowest BCUT2D eigenvalue weighted by Crippen LogP contribution is -2.17. The summed E-state index contributed by atoms with van der Waals surface area (Å²) in [5.74, 6) is -1.34. The van der Waals surface area contributed by atoms with Gasteiger partial charge in [-0.25, -0.2) is 9.78 Å². The Morgan fingerprint density at radius 1 is 1.38 bits per heavy atom. The van der Waals surface area contributed by atoms with E-state index in [2.05, 4.69) is 9.72 Å². The van der Waals surface area contributed by atoms with Crippen molar-refractivity contribution < 1.29 is 18.7 Å². The van der Waals surface area contributed by atoms with E-state index in [1.807, 2.05) is 6.07 Å². The first kappa shape index (κ1) is 10.4. The molecule has 0 radical (unpaired) electrons. The predicted octanol–water partition coefficient (Wildman–Crippen LogP) is 1.11. The van der Waals surface area contributed by atoms with Crippen LogP contribution in [0.15, 0.2) is 28.7 Å². The van der Waals surface area contributed by atoms with Gasteiger partial charge >= 0.3 is 5.97 Å². The number of ketones is 1. The Labute approximate surface area is 91.0 Å². The molecule has 5 nitrogen and oxygen atoms in total. The number of ether oxygens (including phenoxy) is 1. The van der Waals surface area contributed by atoms with Crippen molar-refractivity contribution in [2.45, 2.75) is 6.42 Å². The molecule has 0 bridgehead atoms. The summed E-state index contributed by atoms with van der Waals surface area (Å²) in [7, 11) is 1.16. The molecule has 0 fully saturated rings. The topological polar surface area (TPSA) is 69.4 Å². The second-order valence-corrected chi connectivity index (χ2v) is 3.17. The van der Waals surface area contributed by atoms with Crippen LogP contribution in [0, 0.1) is 0 Å². The maximum absolute atomic E-state index is 11.2. The number of carbonyl (C=O) groups is 2. The van der Waals surface area contributed by atoms with Gasteiger partial charge in [-0.1, -0.05) is 12.1 Å². The molecule has 0 aliphatic carbocycles. The molecule has 1 aromatic heterocycles. The zero-order valence-corrected chi connectivity index (χ0v) is 8.60. The highest BCUT2D eigenvalue weighted by Crippen LogP contribution is 2.14. The Balaban J connectivity index is 2.22. The Hall–Kier alpha value is -2.17. The monoisotopic (exact) mass is 219 g/mol. The fourth-order valence-electron chi connectivity index (χ4n) is 1.32. The number of para-hydroxylation sites is 2. The van der Waals surface area contributed by atoms with Gasteiger partial charge in [-0.15, -0.1) is 0 Å². The smallest absolute Gasteiger partial charge is 0.374 e. The summed E-state index contributed by atoms with van der Waals surface area (Å²) in [6.07, 6.45) is -0.179. The third-order valence-electron chi connectivity index (χ3n) is 2.06. The summed E-state index contributed by atoms with van der Waals surface area (Å²) in [6, 6.07) is 7.13. The average molecular weight is 219 g/mol. The molecule has 0 atom stereocenters. The van der Waals surface area contributed by atoms with Crippen molar-refractivity contribution >= 4 is 22.9 Å². The van der Waals surface area contributed by atoms with E-state index in [4.69, 9.17) is 4.42 Å². The Bertz CT molecular complexity index is 511. The molecule has 0 aliphatic rings. The van der Waals surface area contributed by atoms with Crippen molar-refractivity contribution in [1.82, 2.24) is 4.98 Å². The zero-order chi connectivity index (χ0) is 11.5. The van der Waals surface area contributed by atoms with Crippen molar-refractivity contribution in [2.24, 2.45) is 0 Å². The van der Waals surface area contributed by atoms with Crippen LogP contribution in [0.2, 0.25) is 0 Å². The predicted molar refractivity (Wildman–Crippen MR) is 54.7 cm³/mol. The number of aromatic nitrogens is 1. The number of benzene rings is 1. The fraction of sp³-hybridized carbons (Fsp3) is 0.182. The molecule has 2 rings (SSSR count). The molecule has 0 amide bonds. The minimum absolute atomic E-state index is 0.179. The van der Waals surface area contributed by atoms with Crippen LogP contribution in [0.4, 0.5) is 0 Å². The molecule has 0 unspecified atom stereocenters. The van der Waals surface area contributed by atoms with Crippen LogP contribution in [-0.2, 0) is 20.7 Å². The van der Waals surface area contributed by atoms with Gasteiger partial charge in [-0.2, -0.15) is 0 Å².